The molecule has 3 nitrogen and oxygen atoms in total. The fourth-order valence-electron chi connectivity index (χ4n) is 2.22. The minimum atomic E-state index is 0.943. The highest BCUT2D eigenvalue weighted by Gasteiger charge is 2.04. The van der Waals surface area contributed by atoms with Gasteiger partial charge in [-0.2, -0.15) is 0 Å². The van der Waals surface area contributed by atoms with Gasteiger partial charge >= 0.3 is 0 Å². The van der Waals surface area contributed by atoms with Crippen molar-refractivity contribution in [2.45, 2.75) is 13.5 Å². The number of benzene rings is 1. The second kappa shape index (κ2) is 6.03. The van der Waals surface area contributed by atoms with Crippen LogP contribution in [0.15, 0.2) is 30.5 Å². The summed E-state index contributed by atoms with van der Waals surface area (Å²) < 4.78 is 2.20. The van der Waals surface area contributed by atoms with Gasteiger partial charge in [-0.25, -0.2) is 0 Å². The topological polar surface area (TPSA) is 20.2 Å². The van der Waals surface area contributed by atoms with Crippen molar-refractivity contribution in [3.8, 4) is 0 Å². The van der Waals surface area contributed by atoms with Crippen LogP contribution < -0.4 is 5.32 Å². The average molecular weight is 245 g/mol. The van der Waals surface area contributed by atoms with E-state index in [1.165, 1.54) is 16.5 Å². The maximum Gasteiger partial charge on any atom is 0.0481 e. The molecule has 0 spiro atoms. The molecule has 2 rings (SSSR count). The van der Waals surface area contributed by atoms with Crippen LogP contribution in [0, 0.1) is 0 Å². The molecule has 0 bridgehead atoms. The van der Waals surface area contributed by atoms with E-state index < -0.39 is 0 Å². The van der Waals surface area contributed by atoms with Crippen LogP contribution in [0.5, 0.6) is 0 Å². The first-order chi connectivity index (χ1) is 8.72. The minimum absolute atomic E-state index is 0.943. The van der Waals surface area contributed by atoms with Gasteiger partial charge in [0.15, 0.2) is 0 Å². The van der Waals surface area contributed by atoms with Gasteiger partial charge < -0.3 is 14.8 Å². The third-order valence-electron chi connectivity index (χ3n) is 3.51. The Labute approximate surface area is 109 Å². The highest BCUT2D eigenvalue weighted by atomic mass is 15.1. The number of aryl methyl sites for hydroxylation is 1. The Hall–Kier alpha value is -1.32. The van der Waals surface area contributed by atoms with E-state index in [1.54, 1.807) is 0 Å². The molecule has 0 radical (unpaired) electrons. The van der Waals surface area contributed by atoms with E-state index in [2.05, 4.69) is 66.3 Å². The van der Waals surface area contributed by atoms with E-state index in [4.69, 9.17) is 0 Å². The molecule has 1 aromatic carbocycles. The Morgan fingerprint density at radius 2 is 2.06 bits per heavy atom. The van der Waals surface area contributed by atoms with Gasteiger partial charge in [0.25, 0.3) is 0 Å². The summed E-state index contributed by atoms with van der Waals surface area (Å²) >= 11 is 0. The van der Waals surface area contributed by atoms with Crippen molar-refractivity contribution in [2.75, 3.05) is 26.7 Å². The van der Waals surface area contributed by atoms with Crippen molar-refractivity contribution in [1.29, 1.82) is 0 Å². The quantitative estimate of drug-likeness (QED) is 0.788. The number of hydrogen-bond acceptors (Lipinski definition) is 2. The molecule has 1 aromatic heterocycles. The zero-order valence-corrected chi connectivity index (χ0v) is 11.6. The predicted molar refractivity (Wildman–Crippen MR) is 77.8 cm³/mol. The molecule has 0 fully saturated rings. The number of nitrogens with one attached hydrogen (secondary N) is 1. The number of nitrogens with zero attached hydrogens (tertiary/aromatic N) is 2. The molecule has 1 heterocycles. The first kappa shape index (κ1) is 13.1. The van der Waals surface area contributed by atoms with Crippen LogP contribution in [0.4, 0.5) is 0 Å². The highest BCUT2D eigenvalue weighted by molar-refractivity contribution is 5.83. The predicted octanol–water partition coefficient (Wildman–Crippen LogP) is 2.22. The summed E-state index contributed by atoms with van der Waals surface area (Å²) in [6.45, 7) is 6.37. The molecule has 1 N–H and O–H groups in total. The number of rotatable bonds is 6. The Balaban J connectivity index is 1.96. The minimum Gasteiger partial charge on any atom is -0.350 e. The Morgan fingerprint density at radius 3 is 2.83 bits per heavy atom. The lowest BCUT2D eigenvalue weighted by Crippen LogP contribution is -2.28. The van der Waals surface area contributed by atoms with Gasteiger partial charge in [0.1, 0.15) is 0 Å². The molecule has 98 valence electrons. The van der Waals surface area contributed by atoms with Crippen molar-refractivity contribution in [1.82, 2.24) is 14.8 Å². The molecule has 3 heteroatoms. The molecule has 0 amide bonds. The van der Waals surface area contributed by atoms with E-state index in [0.717, 1.165) is 26.2 Å². The molecule has 0 saturated heterocycles. The van der Waals surface area contributed by atoms with Gasteiger partial charge in [-0.05, 0) is 25.2 Å². The summed E-state index contributed by atoms with van der Waals surface area (Å²) in [4.78, 5) is 2.32. The van der Waals surface area contributed by atoms with Gasteiger partial charge in [0, 0.05) is 43.8 Å². The lowest BCUT2D eigenvalue weighted by atomic mass is 10.2. The number of aromatic nitrogens is 1. The molecule has 0 saturated carbocycles. The van der Waals surface area contributed by atoms with Gasteiger partial charge in [0.2, 0.25) is 0 Å². The zero-order chi connectivity index (χ0) is 13.0. The fraction of sp³-hybridized carbons (Fsp3) is 0.467. The van der Waals surface area contributed by atoms with Crippen LogP contribution >= 0.6 is 0 Å². The fourth-order valence-corrected chi connectivity index (χ4v) is 2.22. The third kappa shape index (κ3) is 2.92. The SMILES string of the molecule is CCN(C)CCNCc1cn(C)c2ccccc12. The van der Waals surface area contributed by atoms with Crippen molar-refractivity contribution in [3.05, 3.63) is 36.0 Å². The molecule has 0 aliphatic rings. The summed E-state index contributed by atoms with van der Waals surface area (Å²) in [6, 6.07) is 8.57. The molecule has 0 unspecified atom stereocenters. The van der Waals surface area contributed by atoms with E-state index in [0.29, 0.717) is 0 Å². The van der Waals surface area contributed by atoms with Crippen LogP contribution in [0.2, 0.25) is 0 Å². The second-order valence-corrected chi connectivity index (χ2v) is 4.86. The van der Waals surface area contributed by atoms with E-state index in [9.17, 15) is 0 Å². The maximum atomic E-state index is 3.52. The summed E-state index contributed by atoms with van der Waals surface area (Å²) in [5.41, 5.74) is 2.69. The van der Waals surface area contributed by atoms with Crippen LogP contribution in [0.1, 0.15) is 12.5 Å². The van der Waals surface area contributed by atoms with E-state index >= 15 is 0 Å². The van der Waals surface area contributed by atoms with Crippen molar-refractivity contribution >= 4 is 10.9 Å². The monoisotopic (exact) mass is 245 g/mol. The molecular formula is C15H23N3. The Bertz CT molecular complexity index is 501. The first-order valence-corrected chi connectivity index (χ1v) is 6.64. The summed E-state index contributed by atoms with van der Waals surface area (Å²) in [7, 11) is 4.26. The van der Waals surface area contributed by atoms with Gasteiger partial charge in [-0.1, -0.05) is 25.1 Å². The summed E-state index contributed by atoms with van der Waals surface area (Å²) in [5.74, 6) is 0. The molecule has 0 atom stereocenters. The molecule has 18 heavy (non-hydrogen) atoms. The van der Waals surface area contributed by atoms with Crippen molar-refractivity contribution < 1.29 is 0 Å². The zero-order valence-electron chi connectivity index (χ0n) is 11.6. The highest BCUT2D eigenvalue weighted by Crippen LogP contribution is 2.19. The largest absolute Gasteiger partial charge is 0.350 e. The average Bonchev–Trinajstić information content (AvgIpc) is 2.72. The summed E-state index contributed by atoms with van der Waals surface area (Å²) in [6.07, 6.45) is 2.22. The number of hydrogen-bond donors (Lipinski definition) is 1. The Morgan fingerprint density at radius 1 is 1.28 bits per heavy atom. The lowest BCUT2D eigenvalue weighted by Gasteiger charge is -2.13. The summed E-state index contributed by atoms with van der Waals surface area (Å²) in [5, 5.41) is 4.88. The van der Waals surface area contributed by atoms with Crippen molar-refractivity contribution in [3.63, 3.8) is 0 Å². The normalized spacial score (nSPS) is 11.6. The molecule has 0 aliphatic heterocycles. The number of para-hydroxylation sites is 1. The molecule has 2 aromatic rings. The lowest BCUT2D eigenvalue weighted by molar-refractivity contribution is 0.349. The first-order valence-electron chi connectivity index (χ1n) is 6.64. The number of likely N-dealkylation sites (N-methyl/N-ethyl adjacent to an activating group) is 1. The third-order valence-corrected chi connectivity index (χ3v) is 3.51. The second-order valence-electron chi connectivity index (χ2n) is 4.86. The standard InChI is InChI=1S/C15H23N3/c1-4-17(2)10-9-16-11-13-12-18(3)15-8-6-5-7-14(13)15/h5-8,12,16H,4,9-11H2,1-3H3. The molecule has 0 aliphatic carbocycles. The van der Waals surface area contributed by atoms with Crippen molar-refractivity contribution in [2.24, 2.45) is 7.05 Å². The van der Waals surface area contributed by atoms with E-state index in [1.807, 2.05) is 0 Å². The van der Waals surface area contributed by atoms with E-state index in [-0.39, 0.29) is 0 Å². The maximum absolute atomic E-state index is 3.52. The van der Waals surface area contributed by atoms with Crippen LogP contribution in [-0.4, -0.2) is 36.1 Å². The Kier molecular flexibility index (Phi) is 4.39. The smallest absolute Gasteiger partial charge is 0.0481 e. The molecular weight excluding hydrogens is 222 g/mol. The van der Waals surface area contributed by atoms with Gasteiger partial charge in [0.05, 0.1) is 0 Å². The van der Waals surface area contributed by atoms with Crippen LogP contribution in [-0.2, 0) is 13.6 Å². The van der Waals surface area contributed by atoms with Gasteiger partial charge in [-0.3, -0.25) is 0 Å². The van der Waals surface area contributed by atoms with Crippen LogP contribution in [0.25, 0.3) is 10.9 Å². The van der Waals surface area contributed by atoms with Crippen LogP contribution in [0.3, 0.4) is 0 Å². The van der Waals surface area contributed by atoms with Gasteiger partial charge in [-0.15, -0.1) is 0 Å². The number of fused-ring (bicyclic) bond motifs is 1.